The van der Waals surface area contributed by atoms with Crippen LogP contribution in [-0.4, -0.2) is 81.1 Å². The zero-order valence-electron chi connectivity index (χ0n) is 29.4. The smallest absolute Gasteiger partial charge is 0.320 e. The van der Waals surface area contributed by atoms with E-state index < -0.39 is 65.6 Å². The van der Waals surface area contributed by atoms with E-state index in [0.29, 0.717) is 24.2 Å². The van der Waals surface area contributed by atoms with E-state index in [1.807, 2.05) is 55.7 Å². The highest BCUT2D eigenvalue weighted by Gasteiger charge is 2.37. The fourth-order valence-corrected chi connectivity index (χ4v) is 5.98. The van der Waals surface area contributed by atoms with Crippen molar-refractivity contribution >= 4 is 23.6 Å². The minimum absolute atomic E-state index is 0.00617. The van der Waals surface area contributed by atoms with Gasteiger partial charge >= 0.3 is 5.97 Å². The first kappa shape index (κ1) is 40.9. The number of nitrogens with two attached hydrogens (primary N) is 3. The quantitative estimate of drug-likeness (QED) is 0.108. The summed E-state index contributed by atoms with van der Waals surface area (Å²) in [4.78, 5) is 51.0. The number of halogens is 2. The number of aliphatic hydroxyl groups is 1. The maximum Gasteiger partial charge on any atom is 0.320 e. The third-order valence-corrected chi connectivity index (χ3v) is 8.68. The number of aromatic nitrogens is 1. The van der Waals surface area contributed by atoms with Gasteiger partial charge in [0.2, 0.25) is 11.8 Å². The van der Waals surface area contributed by atoms with Gasteiger partial charge in [0.25, 0.3) is 0 Å². The van der Waals surface area contributed by atoms with E-state index in [1.54, 1.807) is 12.3 Å². The van der Waals surface area contributed by atoms with Crippen molar-refractivity contribution in [3.63, 3.8) is 0 Å². The van der Waals surface area contributed by atoms with E-state index in [9.17, 15) is 33.1 Å². The van der Waals surface area contributed by atoms with Crippen LogP contribution in [0.1, 0.15) is 70.2 Å². The lowest BCUT2D eigenvalue weighted by Crippen LogP contribution is -2.48. The van der Waals surface area contributed by atoms with Gasteiger partial charge in [-0.2, -0.15) is 0 Å². The molecule has 51 heavy (non-hydrogen) atoms. The molecule has 0 aliphatic heterocycles. The lowest BCUT2D eigenvalue weighted by molar-refractivity contribution is -0.140. The molecular formula is C37H50F2N6O6. The number of ketones is 1. The number of nitrogens with zero attached hydrogens (tertiary/aromatic N) is 2. The second kappa shape index (κ2) is 18.7. The summed E-state index contributed by atoms with van der Waals surface area (Å²) in [6.07, 6.45) is 2.45. The van der Waals surface area contributed by atoms with Crippen LogP contribution in [0.5, 0.6) is 0 Å². The molecule has 14 heteroatoms. The minimum atomic E-state index is -1.13. The van der Waals surface area contributed by atoms with Crippen LogP contribution in [0.2, 0.25) is 0 Å². The summed E-state index contributed by atoms with van der Waals surface area (Å²) in [6.45, 7) is 5.21. The van der Waals surface area contributed by atoms with Crippen molar-refractivity contribution in [2.45, 2.75) is 83.6 Å². The fraction of sp³-hybridized carbons (Fsp3) is 0.459. The molecule has 0 fully saturated rings. The SMILES string of the molecule is CC(C)(C)[C@H](c1cc(-c2cc(F)ccc2F)cn1Cc1ccccc1)N(CC[C@H](N)C(=O)NCCC(=O)C(N)CCC[C@H](N)C(=O)O)C(=O)CO. The summed E-state index contributed by atoms with van der Waals surface area (Å²) < 4.78 is 31.1. The summed E-state index contributed by atoms with van der Waals surface area (Å²) in [5.74, 6) is -3.82. The lowest BCUT2D eigenvalue weighted by atomic mass is 9.82. The number of amides is 2. The first-order valence-electron chi connectivity index (χ1n) is 16.9. The monoisotopic (exact) mass is 712 g/mol. The van der Waals surface area contributed by atoms with Gasteiger partial charge < -0.3 is 42.2 Å². The topological polar surface area (TPSA) is 207 Å². The Morgan fingerprint density at radius 3 is 2.22 bits per heavy atom. The summed E-state index contributed by atoms with van der Waals surface area (Å²) in [5, 5.41) is 21.5. The molecule has 2 amide bonds. The Morgan fingerprint density at radius 2 is 1.59 bits per heavy atom. The molecule has 3 aromatic rings. The largest absolute Gasteiger partial charge is 0.480 e. The highest BCUT2D eigenvalue weighted by molar-refractivity contribution is 5.85. The molecule has 2 aromatic carbocycles. The molecule has 0 saturated carbocycles. The van der Waals surface area contributed by atoms with Crippen LogP contribution in [-0.2, 0) is 25.7 Å². The van der Waals surface area contributed by atoms with Crippen LogP contribution in [0.25, 0.3) is 11.1 Å². The fourth-order valence-electron chi connectivity index (χ4n) is 5.98. The Kier molecular flexibility index (Phi) is 15.0. The van der Waals surface area contributed by atoms with E-state index in [1.165, 1.54) is 4.90 Å². The van der Waals surface area contributed by atoms with Gasteiger partial charge in [-0.05, 0) is 60.9 Å². The minimum Gasteiger partial charge on any atom is -0.480 e. The Balaban J connectivity index is 1.79. The molecule has 0 saturated heterocycles. The zero-order valence-corrected chi connectivity index (χ0v) is 29.4. The summed E-state index contributed by atoms with van der Waals surface area (Å²) >= 11 is 0. The number of carbonyl (C=O) groups is 4. The maximum absolute atomic E-state index is 15.0. The second-order valence-electron chi connectivity index (χ2n) is 13.8. The molecular weight excluding hydrogens is 662 g/mol. The van der Waals surface area contributed by atoms with Gasteiger partial charge in [-0.3, -0.25) is 19.2 Å². The summed E-state index contributed by atoms with van der Waals surface area (Å²) in [5.41, 5.74) is 19.0. The molecule has 0 aliphatic carbocycles. The van der Waals surface area contributed by atoms with Gasteiger partial charge in [0.15, 0.2) is 5.78 Å². The Bertz CT molecular complexity index is 1640. The predicted octanol–water partition coefficient (Wildman–Crippen LogP) is 3.09. The number of carboxylic acids is 1. The number of carboxylic acid groups (broad SMARTS) is 1. The normalized spacial score (nSPS) is 14.0. The van der Waals surface area contributed by atoms with Crippen molar-refractivity contribution in [3.05, 3.63) is 83.7 Å². The van der Waals surface area contributed by atoms with Crippen LogP contribution in [0.3, 0.4) is 0 Å². The van der Waals surface area contributed by atoms with Crippen molar-refractivity contribution in [1.29, 1.82) is 0 Å². The molecule has 278 valence electrons. The molecule has 0 aliphatic rings. The molecule has 0 bridgehead atoms. The van der Waals surface area contributed by atoms with E-state index in [2.05, 4.69) is 5.32 Å². The van der Waals surface area contributed by atoms with Gasteiger partial charge in [-0.15, -0.1) is 0 Å². The number of Topliss-reactive ketones (excluding diaryl/α,β-unsaturated/α-hetero) is 1. The van der Waals surface area contributed by atoms with E-state index in [-0.39, 0.29) is 50.1 Å². The first-order valence-corrected chi connectivity index (χ1v) is 16.9. The number of benzene rings is 2. The van der Waals surface area contributed by atoms with Gasteiger partial charge in [0.1, 0.15) is 24.3 Å². The molecule has 4 atom stereocenters. The maximum atomic E-state index is 15.0. The van der Waals surface area contributed by atoms with Gasteiger partial charge in [-0.25, -0.2) is 8.78 Å². The van der Waals surface area contributed by atoms with Crippen molar-refractivity contribution in [1.82, 2.24) is 14.8 Å². The molecule has 12 nitrogen and oxygen atoms in total. The Morgan fingerprint density at radius 1 is 0.922 bits per heavy atom. The van der Waals surface area contributed by atoms with E-state index >= 15 is 0 Å². The van der Waals surface area contributed by atoms with Gasteiger partial charge in [0, 0.05) is 49.1 Å². The number of aliphatic hydroxyl groups excluding tert-OH is 1. The van der Waals surface area contributed by atoms with Crippen molar-refractivity contribution in [3.8, 4) is 11.1 Å². The van der Waals surface area contributed by atoms with E-state index in [0.717, 1.165) is 23.8 Å². The van der Waals surface area contributed by atoms with Crippen molar-refractivity contribution in [2.75, 3.05) is 19.7 Å². The Labute approximate surface area is 297 Å². The molecule has 3 rings (SSSR count). The number of hydrogen-bond acceptors (Lipinski definition) is 8. The van der Waals surface area contributed by atoms with Crippen molar-refractivity contribution < 1.29 is 38.2 Å². The second-order valence-corrected chi connectivity index (χ2v) is 13.8. The van der Waals surface area contributed by atoms with Gasteiger partial charge in [0.05, 0.1) is 18.1 Å². The van der Waals surface area contributed by atoms with Crippen LogP contribution >= 0.6 is 0 Å². The number of carbonyl (C=O) groups excluding carboxylic acids is 3. The molecule has 1 aromatic heterocycles. The van der Waals surface area contributed by atoms with Crippen LogP contribution in [0, 0.1) is 17.0 Å². The summed E-state index contributed by atoms with van der Waals surface area (Å²) in [6, 6.07) is 10.8. The average Bonchev–Trinajstić information content (AvgIpc) is 3.48. The lowest BCUT2D eigenvalue weighted by Gasteiger charge is -2.41. The molecule has 0 spiro atoms. The third kappa shape index (κ3) is 11.8. The predicted molar refractivity (Wildman–Crippen MR) is 189 cm³/mol. The Hall–Kier alpha value is -4.50. The van der Waals surface area contributed by atoms with Crippen LogP contribution < -0.4 is 22.5 Å². The number of nitrogens with one attached hydrogen (secondary N) is 1. The van der Waals surface area contributed by atoms with Crippen LogP contribution in [0.4, 0.5) is 8.78 Å². The zero-order chi connectivity index (χ0) is 37.9. The summed E-state index contributed by atoms with van der Waals surface area (Å²) in [7, 11) is 0. The highest BCUT2D eigenvalue weighted by atomic mass is 19.1. The average molecular weight is 713 g/mol. The highest BCUT2D eigenvalue weighted by Crippen LogP contribution is 2.41. The molecule has 1 unspecified atom stereocenters. The molecule has 9 N–H and O–H groups in total. The van der Waals surface area contributed by atoms with E-state index in [4.69, 9.17) is 22.3 Å². The third-order valence-electron chi connectivity index (χ3n) is 8.68. The van der Waals surface area contributed by atoms with Gasteiger partial charge in [-0.1, -0.05) is 51.1 Å². The number of hydrogen-bond donors (Lipinski definition) is 6. The number of rotatable bonds is 19. The molecule has 1 heterocycles. The molecule has 0 radical (unpaired) electrons. The standard InChI is InChI=1S/C37H50F2N6O6/c1-37(2,3)34(31-18-24(26-19-25(38)12-13-27(26)39)21-44(31)20-23-8-5-4-6-9-23)45(33(48)22-46)17-15-29(41)35(49)43-16-14-32(47)28(40)10-7-11-30(42)36(50)51/h4-6,8-9,12-13,18-19,21,28-30,34,46H,7,10-11,14-17,20,22,40-42H2,1-3H3,(H,43,49)(H,50,51)/t28?,29-,30-,34-/m0/s1. The van der Waals surface area contributed by atoms with Crippen LogP contribution in [0.15, 0.2) is 60.8 Å². The first-order chi connectivity index (χ1) is 24.0. The number of aliphatic carboxylic acids is 1. The van der Waals surface area contributed by atoms with Crippen molar-refractivity contribution in [2.24, 2.45) is 22.6 Å².